The lowest BCUT2D eigenvalue weighted by atomic mass is 10.1. The highest BCUT2D eigenvalue weighted by atomic mass is 32.2. The summed E-state index contributed by atoms with van der Waals surface area (Å²) in [7, 11) is 0. The monoisotopic (exact) mass is 371 g/mol. The summed E-state index contributed by atoms with van der Waals surface area (Å²) in [6.07, 6.45) is 0. The van der Waals surface area contributed by atoms with Crippen molar-refractivity contribution in [2.75, 3.05) is 4.31 Å². The molecule has 24 heavy (non-hydrogen) atoms. The second kappa shape index (κ2) is 6.02. The highest BCUT2D eigenvalue weighted by Gasteiger charge is 2.27. The van der Waals surface area contributed by atoms with Gasteiger partial charge in [0.2, 0.25) is 0 Å². The number of thiazole rings is 2. The molecule has 2 heterocycles. The lowest BCUT2D eigenvalue weighted by molar-refractivity contribution is 0.589. The van der Waals surface area contributed by atoms with E-state index in [0.717, 1.165) is 20.5 Å². The number of aromatic nitrogens is 2. The van der Waals surface area contributed by atoms with Crippen molar-refractivity contribution in [3.63, 3.8) is 0 Å². The Balaban J connectivity index is 1.74. The van der Waals surface area contributed by atoms with Gasteiger partial charge in [-0.1, -0.05) is 35.6 Å². The normalized spacial score (nSPS) is 12.1. The van der Waals surface area contributed by atoms with Crippen molar-refractivity contribution >= 4 is 60.2 Å². The van der Waals surface area contributed by atoms with Crippen LogP contribution in [0.5, 0.6) is 0 Å². The molecule has 0 spiro atoms. The van der Waals surface area contributed by atoms with Crippen LogP contribution in [0.25, 0.3) is 20.4 Å². The lowest BCUT2D eigenvalue weighted by Crippen LogP contribution is -2.35. The van der Waals surface area contributed by atoms with E-state index in [2.05, 4.69) is 61.5 Å². The average Bonchev–Trinajstić information content (AvgIpc) is 3.14. The molecule has 2 aromatic carbocycles. The number of anilines is 1. The molecule has 0 radical (unpaired) electrons. The van der Waals surface area contributed by atoms with Crippen LogP contribution < -0.4 is 4.31 Å². The van der Waals surface area contributed by atoms with E-state index in [9.17, 15) is 0 Å². The maximum absolute atomic E-state index is 4.83. The van der Waals surface area contributed by atoms with Crippen LogP contribution in [0.15, 0.2) is 52.9 Å². The molecule has 122 valence electrons. The highest BCUT2D eigenvalue weighted by Crippen LogP contribution is 2.41. The summed E-state index contributed by atoms with van der Waals surface area (Å²) in [4.78, 5) is 9.59. The first-order valence-corrected chi connectivity index (χ1v) is 10.1. The van der Waals surface area contributed by atoms with Crippen molar-refractivity contribution in [2.45, 2.75) is 30.6 Å². The number of hydrogen-bond donors (Lipinski definition) is 0. The zero-order valence-corrected chi connectivity index (χ0v) is 16.1. The molecule has 4 rings (SSSR count). The minimum atomic E-state index is -0.0591. The first-order chi connectivity index (χ1) is 11.5. The lowest BCUT2D eigenvalue weighted by Gasteiger charge is -2.33. The summed E-state index contributed by atoms with van der Waals surface area (Å²) < 4.78 is 5.75. The number of nitrogens with zero attached hydrogens (tertiary/aromatic N) is 3. The molecule has 0 bridgehead atoms. The van der Waals surface area contributed by atoms with Gasteiger partial charge >= 0.3 is 0 Å². The Morgan fingerprint density at radius 1 is 0.833 bits per heavy atom. The van der Waals surface area contributed by atoms with Crippen LogP contribution in [0, 0.1) is 0 Å². The zero-order chi connectivity index (χ0) is 16.7. The number of benzene rings is 2. The molecular weight excluding hydrogens is 354 g/mol. The largest absolute Gasteiger partial charge is 0.280 e. The van der Waals surface area contributed by atoms with E-state index in [1.54, 1.807) is 34.6 Å². The number of para-hydroxylation sites is 2. The summed E-state index contributed by atoms with van der Waals surface area (Å²) >= 11 is 5.14. The van der Waals surface area contributed by atoms with Crippen molar-refractivity contribution in [3.8, 4) is 0 Å². The zero-order valence-electron chi connectivity index (χ0n) is 13.7. The molecule has 0 amide bonds. The van der Waals surface area contributed by atoms with Gasteiger partial charge in [0, 0.05) is 17.5 Å². The molecule has 3 nitrogen and oxygen atoms in total. The van der Waals surface area contributed by atoms with E-state index in [4.69, 9.17) is 9.97 Å². The highest BCUT2D eigenvalue weighted by molar-refractivity contribution is 8.02. The number of rotatable bonds is 3. The van der Waals surface area contributed by atoms with Crippen molar-refractivity contribution in [2.24, 2.45) is 0 Å². The molecule has 0 unspecified atom stereocenters. The molecule has 0 saturated heterocycles. The van der Waals surface area contributed by atoms with E-state index in [1.807, 2.05) is 12.1 Å². The van der Waals surface area contributed by atoms with Gasteiger partial charge in [-0.3, -0.25) is 4.31 Å². The Bertz CT molecular complexity index is 931. The predicted octanol–water partition coefficient (Wildman–Crippen LogP) is 6.22. The minimum absolute atomic E-state index is 0.0591. The van der Waals surface area contributed by atoms with Gasteiger partial charge in [0.15, 0.2) is 9.47 Å². The van der Waals surface area contributed by atoms with E-state index in [1.165, 1.54) is 9.40 Å². The van der Waals surface area contributed by atoms with Crippen LogP contribution in [0.1, 0.15) is 20.8 Å². The van der Waals surface area contributed by atoms with Crippen LogP contribution in [-0.2, 0) is 0 Å². The van der Waals surface area contributed by atoms with Gasteiger partial charge < -0.3 is 0 Å². The SMILES string of the molecule is CC(C)(C)N(Sc1nc2ccccc2s1)c1nc2ccccc2s1. The standard InChI is InChI=1S/C18H17N3S3/c1-18(2,3)21(16-19-12-8-4-6-10-14(12)22-16)24-17-20-13-9-5-7-11-15(13)23-17/h4-11H,1-3H3. The van der Waals surface area contributed by atoms with Crippen LogP contribution in [0.2, 0.25) is 0 Å². The van der Waals surface area contributed by atoms with Gasteiger partial charge in [0.1, 0.15) is 0 Å². The molecule has 0 aliphatic rings. The maximum Gasteiger partial charge on any atom is 0.197 e. The predicted molar refractivity (Wildman–Crippen MR) is 107 cm³/mol. The van der Waals surface area contributed by atoms with Crippen molar-refractivity contribution in [1.82, 2.24) is 9.97 Å². The second-order valence-corrected chi connectivity index (χ2v) is 9.70. The summed E-state index contributed by atoms with van der Waals surface area (Å²) in [5, 5.41) is 1.02. The van der Waals surface area contributed by atoms with Gasteiger partial charge in [0.05, 0.1) is 20.4 Å². The Hall–Kier alpha value is -1.63. The first kappa shape index (κ1) is 15.9. The summed E-state index contributed by atoms with van der Waals surface area (Å²) in [5.41, 5.74) is 2.05. The molecule has 2 aromatic heterocycles. The van der Waals surface area contributed by atoms with Gasteiger partial charge in [-0.05, 0) is 45.0 Å². The molecule has 0 saturated carbocycles. The van der Waals surface area contributed by atoms with E-state index >= 15 is 0 Å². The number of fused-ring (bicyclic) bond motifs is 2. The number of hydrogen-bond acceptors (Lipinski definition) is 6. The maximum atomic E-state index is 4.83. The smallest absolute Gasteiger partial charge is 0.197 e. The molecule has 0 N–H and O–H groups in total. The van der Waals surface area contributed by atoms with E-state index < -0.39 is 0 Å². The Morgan fingerprint density at radius 2 is 1.42 bits per heavy atom. The fourth-order valence-electron chi connectivity index (χ4n) is 2.38. The van der Waals surface area contributed by atoms with Crippen LogP contribution >= 0.6 is 34.6 Å². The van der Waals surface area contributed by atoms with Crippen LogP contribution in [0.3, 0.4) is 0 Å². The van der Waals surface area contributed by atoms with Gasteiger partial charge in [0.25, 0.3) is 0 Å². The van der Waals surface area contributed by atoms with Gasteiger partial charge in [-0.25, -0.2) is 9.97 Å². The van der Waals surface area contributed by atoms with Crippen LogP contribution in [-0.4, -0.2) is 15.5 Å². The van der Waals surface area contributed by atoms with Gasteiger partial charge in [-0.2, -0.15) is 0 Å². The quantitative estimate of drug-likeness (QED) is 0.400. The summed E-state index contributed by atoms with van der Waals surface area (Å²) in [6, 6.07) is 16.6. The van der Waals surface area contributed by atoms with Gasteiger partial charge in [-0.15, -0.1) is 11.3 Å². The third-order valence-corrected chi connectivity index (χ3v) is 7.10. The fraction of sp³-hybridized carbons (Fsp3) is 0.222. The van der Waals surface area contributed by atoms with E-state index in [0.29, 0.717) is 0 Å². The summed E-state index contributed by atoms with van der Waals surface area (Å²) in [6.45, 7) is 6.62. The summed E-state index contributed by atoms with van der Waals surface area (Å²) in [5.74, 6) is 0. The van der Waals surface area contributed by atoms with Crippen molar-refractivity contribution in [3.05, 3.63) is 48.5 Å². The molecule has 0 atom stereocenters. The molecule has 0 aliphatic heterocycles. The molecular formula is C18H17N3S3. The van der Waals surface area contributed by atoms with Crippen LogP contribution in [0.4, 0.5) is 5.13 Å². The van der Waals surface area contributed by atoms with Crippen molar-refractivity contribution in [1.29, 1.82) is 0 Å². The molecule has 6 heteroatoms. The van der Waals surface area contributed by atoms with E-state index in [-0.39, 0.29) is 5.54 Å². The van der Waals surface area contributed by atoms with Crippen molar-refractivity contribution < 1.29 is 0 Å². The third-order valence-electron chi connectivity index (χ3n) is 3.51. The Kier molecular flexibility index (Phi) is 3.98. The molecule has 0 fully saturated rings. The average molecular weight is 372 g/mol. The second-order valence-electron chi connectivity index (χ2n) is 6.47. The molecule has 0 aliphatic carbocycles. The Morgan fingerprint density at radius 3 is 2.00 bits per heavy atom. The molecule has 4 aromatic rings. The first-order valence-electron chi connectivity index (χ1n) is 7.70. The Labute approximate surface area is 153 Å². The fourth-order valence-corrected chi connectivity index (χ4v) is 5.69. The minimum Gasteiger partial charge on any atom is -0.280 e. The topological polar surface area (TPSA) is 29.0 Å². The third kappa shape index (κ3) is 3.01.